The fourth-order valence-electron chi connectivity index (χ4n) is 1.92. The summed E-state index contributed by atoms with van der Waals surface area (Å²) in [5.41, 5.74) is 4.30. The fraction of sp³-hybridized carbons (Fsp3) is 0.500. The van der Waals surface area contributed by atoms with Crippen molar-refractivity contribution in [2.24, 2.45) is 0 Å². The van der Waals surface area contributed by atoms with Crippen molar-refractivity contribution in [3.05, 3.63) is 35.0 Å². The lowest BCUT2D eigenvalue weighted by Crippen LogP contribution is -2.16. The topological polar surface area (TPSA) is 55.6 Å². The first-order chi connectivity index (χ1) is 9.13. The van der Waals surface area contributed by atoms with Crippen molar-refractivity contribution in [3.8, 4) is 5.82 Å². The van der Waals surface area contributed by atoms with Gasteiger partial charge in [-0.25, -0.2) is 9.67 Å². The molecule has 2 rings (SSSR count). The monoisotopic (exact) mass is 259 g/mol. The molecule has 0 aliphatic rings. The Kier molecular flexibility index (Phi) is 4.27. The van der Waals surface area contributed by atoms with Gasteiger partial charge in [-0.15, -0.1) is 0 Å². The molecule has 0 aromatic carbocycles. The summed E-state index contributed by atoms with van der Waals surface area (Å²) in [6.45, 7) is 10.0. The first-order valence-corrected chi connectivity index (χ1v) is 6.68. The predicted molar refractivity (Wildman–Crippen MR) is 75.4 cm³/mol. The van der Waals surface area contributed by atoms with E-state index in [9.17, 15) is 0 Å². The minimum atomic E-state index is 0.743. The van der Waals surface area contributed by atoms with E-state index in [4.69, 9.17) is 0 Å². The van der Waals surface area contributed by atoms with Gasteiger partial charge in [-0.1, -0.05) is 6.92 Å². The minimum absolute atomic E-state index is 0.743. The van der Waals surface area contributed by atoms with E-state index < -0.39 is 0 Å². The molecule has 0 saturated carbocycles. The van der Waals surface area contributed by atoms with E-state index >= 15 is 0 Å². The first kappa shape index (κ1) is 13.7. The second kappa shape index (κ2) is 5.93. The zero-order chi connectivity index (χ0) is 13.8. The Morgan fingerprint density at radius 1 is 1.21 bits per heavy atom. The van der Waals surface area contributed by atoms with Crippen LogP contribution in [0.15, 0.2) is 12.4 Å². The molecular weight excluding hydrogens is 238 g/mol. The second-order valence-electron chi connectivity index (χ2n) is 4.75. The van der Waals surface area contributed by atoms with Gasteiger partial charge in [-0.3, -0.25) is 4.98 Å². The van der Waals surface area contributed by atoms with E-state index in [0.717, 1.165) is 42.4 Å². The lowest BCUT2D eigenvalue weighted by Gasteiger charge is -2.06. The summed E-state index contributed by atoms with van der Waals surface area (Å²) < 4.78 is 1.86. The molecule has 0 spiro atoms. The van der Waals surface area contributed by atoms with Crippen molar-refractivity contribution in [1.29, 1.82) is 0 Å². The molecule has 1 N–H and O–H groups in total. The molecular formula is C14H21N5. The van der Waals surface area contributed by atoms with Crippen LogP contribution in [0.4, 0.5) is 0 Å². The molecule has 102 valence electrons. The van der Waals surface area contributed by atoms with Gasteiger partial charge >= 0.3 is 0 Å². The van der Waals surface area contributed by atoms with Crippen LogP contribution in [0.1, 0.15) is 36.0 Å². The number of aromatic nitrogens is 4. The molecule has 2 aromatic rings. The molecule has 0 amide bonds. The maximum Gasteiger partial charge on any atom is 0.172 e. The third-order valence-corrected chi connectivity index (χ3v) is 3.27. The fourth-order valence-corrected chi connectivity index (χ4v) is 1.92. The molecule has 0 aliphatic carbocycles. The Morgan fingerprint density at radius 2 is 2.00 bits per heavy atom. The third kappa shape index (κ3) is 2.98. The molecule has 0 bridgehead atoms. The van der Waals surface area contributed by atoms with Crippen LogP contribution in [-0.4, -0.2) is 26.3 Å². The van der Waals surface area contributed by atoms with Gasteiger partial charge in [0.15, 0.2) is 5.82 Å². The zero-order valence-corrected chi connectivity index (χ0v) is 12.1. The number of aryl methyl sites for hydroxylation is 1. The quantitative estimate of drug-likeness (QED) is 0.835. The summed E-state index contributed by atoms with van der Waals surface area (Å²) in [6, 6.07) is 0. The highest BCUT2D eigenvalue weighted by Gasteiger charge is 2.10. The molecule has 0 aliphatic heterocycles. The lowest BCUT2D eigenvalue weighted by molar-refractivity contribution is 0.657. The second-order valence-corrected chi connectivity index (χ2v) is 4.75. The summed E-state index contributed by atoms with van der Waals surface area (Å²) in [6.07, 6.45) is 4.66. The van der Waals surface area contributed by atoms with Gasteiger partial charge in [0.25, 0.3) is 0 Å². The Bertz CT molecular complexity index is 559. The van der Waals surface area contributed by atoms with E-state index in [2.05, 4.69) is 41.2 Å². The van der Waals surface area contributed by atoms with Crippen LogP contribution < -0.4 is 5.32 Å². The highest BCUT2D eigenvalue weighted by atomic mass is 15.3. The maximum absolute atomic E-state index is 4.61. The van der Waals surface area contributed by atoms with E-state index in [1.54, 1.807) is 12.4 Å². The average molecular weight is 259 g/mol. The summed E-state index contributed by atoms with van der Waals surface area (Å²) in [7, 11) is 0. The normalized spacial score (nSPS) is 10.9. The SMILES string of the molecule is CCCNCc1cncc(-n2nc(C)c(C)c2C)n1. The first-order valence-electron chi connectivity index (χ1n) is 6.68. The number of nitrogens with one attached hydrogen (secondary N) is 1. The summed E-state index contributed by atoms with van der Waals surface area (Å²) in [4.78, 5) is 8.86. The van der Waals surface area contributed by atoms with Crippen molar-refractivity contribution < 1.29 is 0 Å². The molecule has 5 nitrogen and oxygen atoms in total. The van der Waals surface area contributed by atoms with Crippen molar-refractivity contribution in [3.63, 3.8) is 0 Å². The van der Waals surface area contributed by atoms with Crippen molar-refractivity contribution in [1.82, 2.24) is 25.1 Å². The van der Waals surface area contributed by atoms with Crippen LogP contribution in [0.2, 0.25) is 0 Å². The van der Waals surface area contributed by atoms with Gasteiger partial charge in [0.2, 0.25) is 0 Å². The van der Waals surface area contributed by atoms with E-state index in [-0.39, 0.29) is 0 Å². The van der Waals surface area contributed by atoms with Crippen LogP contribution in [0.3, 0.4) is 0 Å². The molecule has 0 radical (unpaired) electrons. The highest BCUT2D eigenvalue weighted by molar-refractivity contribution is 5.30. The van der Waals surface area contributed by atoms with Gasteiger partial charge in [-0.05, 0) is 39.3 Å². The lowest BCUT2D eigenvalue weighted by atomic mass is 10.2. The van der Waals surface area contributed by atoms with Crippen LogP contribution in [-0.2, 0) is 6.54 Å². The standard InChI is InChI=1S/C14H21N5/c1-5-6-15-7-13-8-16-9-14(17-13)19-12(4)10(2)11(3)18-19/h8-9,15H,5-7H2,1-4H3. The number of hydrogen-bond donors (Lipinski definition) is 1. The van der Waals surface area contributed by atoms with Crippen LogP contribution in [0, 0.1) is 20.8 Å². The molecule has 0 saturated heterocycles. The summed E-state index contributed by atoms with van der Waals surface area (Å²) in [5.74, 6) is 0.782. The molecule has 0 atom stereocenters. The molecule has 5 heteroatoms. The highest BCUT2D eigenvalue weighted by Crippen LogP contribution is 2.14. The molecule has 0 unspecified atom stereocenters. The van der Waals surface area contributed by atoms with Crippen LogP contribution in [0.5, 0.6) is 0 Å². The van der Waals surface area contributed by atoms with Crippen molar-refractivity contribution in [2.75, 3.05) is 6.54 Å². The van der Waals surface area contributed by atoms with Gasteiger partial charge in [0.05, 0.1) is 17.6 Å². The predicted octanol–water partition coefficient (Wildman–Crippen LogP) is 2.09. The van der Waals surface area contributed by atoms with Crippen molar-refractivity contribution >= 4 is 0 Å². The molecule has 2 aromatic heterocycles. The Labute approximate surface area is 114 Å². The van der Waals surface area contributed by atoms with E-state index in [0.29, 0.717) is 0 Å². The zero-order valence-electron chi connectivity index (χ0n) is 12.1. The third-order valence-electron chi connectivity index (χ3n) is 3.27. The Balaban J connectivity index is 2.25. The Morgan fingerprint density at radius 3 is 2.63 bits per heavy atom. The van der Waals surface area contributed by atoms with Gasteiger partial charge < -0.3 is 5.32 Å². The average Bonchev–Trinajstić information content (AvgIpc) is 2.67. The number of hydrogen-bond acceptors (Lipinski definition) is 4. The van der Waals surface area contributed by atoms with Gasteiger partial charge in [0.1, 0.15) is 0 Å². The molecule has 19 heavy (non-hydrogen) atoms. The van der Waals surface area contributed by atoms with E-state index in [1.165, 1.54) is 5.56 Å². The van der Waals surface area contributed by atoms with Crippen LogP contribution in [0.25, 0.3) is 5.82 Å². The maximum atomic E-state index is 4.61. The Hall–Kier alpha value is -1.75. The minimum Gasteiger partial charge on any atom is -0.311 e. The summed E-state index contributed by atoms with van der Waals surface area (Å²) in [5, 5.41) is 7.84. The van der Waals surface area contributed by atoms with Gasteiger partial charge in [0, 0.05) is 18.4 Å². The van der Waals surface area contributed by atoms with Gasteiger partial charge in [-0.2, -0.15) is 5.10 Å². The molecule has 0 fully saturated rings. The van der Waals surface area contributed by atoms with Crippen LogP contribution >= 0.6 is 0 Å². The largest absolute Gasteiger partial charge is 0.311 e. The number of rotatable bonds is 5. The summed E-state index contributed by atoms with van der Waals surface area (Å²) >= 11 is 0. The molecule has 2 heterocycles. The smallest absolute Gasteiger partial charge is 0.172 e. The van der Waals surface area contributed by atoms with E-state index in [1.807, 2.05) is 11.6 Å². The van der Waals surface area contributed by atoms with Crippen molar-refractivity contribution in [2.45, 2.75) is 40.7 Å². The number of nitrogens with zero attached hydrogens (tertiary/aromatic N) is 4.